The summed E-state index contributed by atoms with van der Waals surface area (Å²) in [6.07, 6.45) is -0.725. The molecule has 0 fully saturated rings. The lowest BCUT2D eigenvalue weighted by Gasteiger charge is -2.01. The van der Waals surface area contributed by atoms with Crippen LogP contribution in [-0.2, 0) is 17.4 Å². The molecule has 0 bridgehead atoms. The first kappa shape index (κ1) is 14.4. The SMILES string of the molecule is O=C(CCc1cccnc1)Nc1nnc(C(F)(F)F)s1. The molecule has 0 aliphatic rings. The van der Waals surface area contributed by atoms with Gasteiger partial charge in [-0.3, -0.25) is 9.78 Å². The fourth-order valence-corrected chi connectivity index (χ4v) is 2.00. The predicted molar refractivity (Wildman–Crippen MR) is 66.1 cm³/mol. The van der Waals surface area contributed by atoms with E-state index < -0.39 is 17.1 Å². The summed E-state index contributed by atoms with van der Waals surface area (Å²) < 4.78 is 36.9. The second-order valence-corrected chi connectivity index (χ2v) is 4.80. The van der Waals surface area contributed by atoms with Crippen molar-refractivity contribution in [1.82, 2.24) is 15.2 Å². The molecule has 9 heteroatoms. The number of amides is 1. The van der Waals surface area contributed by atoms with Crippen molar-refractivity contribution in [2.24, 2.45) is 0 Å². The van der Waals surface area contributed by atoms with Crippen LogP contribution in [0.25, 0.3) is 0 Å². The number of nitrogens with one attached hydrogen (secondary N) is 1. The normalized spacial score (nSPS) is 11.3. The summed E-state index contributed by atoms with van der Waals surface area (Å²) in [7, 11) is 0. The largest absolute Gasteiger partial charge is 0.445 e. The van der Waals surface area contributed by atoms with Crippen molar-refractivity contribution in [2.75, 3.05) is 5.32 Å². The van der Waals surface area contributed by atoms with Gasteiger partial charge >= 0.3 is 6.18 Å². The Kier molecular flexibility index (Phi) is 4.28. The van der Waals surface area contributed by atoms with E-state index in [1.165, 1.54) is 0 Å². The molecule has 0 atom stereocenters. The van der Waals surface area contributed by atoms with Gasteiger partial charge in [0.1, 0.15) is 0 Å². The monoisotopic (exact) mass is 302 g/mol. The number of hydrogen-bond acceptors (Lipinski definition) is 5. The number of alkyl halides is 3. The first-order valence-corrected chi connectivity index (χ1v) is 6.36. The summed E-state index contributed by atoms with van der Waals surface area (Å²) in [5.74, 6) is -0.418. The zero-order valence-corrected chi connectivity index (χ0v) is 10.8. The van der Waals surface area contributed by atoms with Crippen LogP contribution in [0.15, 0.2) is 24.5 Å². The lowest BCUT2D eigenvalue weighted by atomic mass is 10.1. The Labute approximate surface area is 115 Å². The van der Waals surface area contributed by atoms with Crippen LogP contribution in [0.1, 0.15) is 17.0 Å². The summed E-state index contributed by atoms with van der Waals surface area (Å²) in [4.78, 5) is 15.5. The summed E-state index contributed by atoms with van der Waals surface area (Å²) >= 11 is 0.298. The molecule has 2 aromatic heterocycles. The summed E-state index contributed by atoms with van der Waals surface area (Å²) in [6.45, 7) is 0. The predicted octanol–water partition coefficient (Wildman–Crippen LogP) is 2.52. The van der Waals surface area contributed by atoms with Crippen LogP contribution < -0.4 is 5.32 Å². The molecule has 20 heavy (non-hydrogen) atoms. The van der Waals surface area contributed by atoms with Gasteiger partial charge in [0.05, 0.1) is 0 Å². The van der Waals surface area contributed by atoms with E-state index in [1.54, 1.807) is 18.5 Å². The molecule has 0 unspecified atom stereocenters. The van der Waals surface area contributed by atoms with Crippen molar-refractivity contribution in [3.05, 3.63) is 35.1 Å². The van der Waals surface area contributed by atoms with Gasteiger partial charge in [0.15, 0.2) is 0 Å². The highest BCUT2D eigenvalue weighted by Crippen LogP contribution is 2.32. The Morgan fingerprint density at radius 1 is 1.35 bits per heavy atom. The van der Waals surface area contributed by atoms with Crippen LogP contribution in [0, 0.1) is 0 Å². The molecule has 0 aliphatic heterocycles. The fraction of sp³-hybridized carbons (Fsp3) is 0.273. The standard InChI is InChI=1S/C11H9F3N4OS/c12-11(13,14)9-17-18-10(20-9)16-8(19)4-3-7-2-1-5-15-6-7/h1-2,5-6H,3-4H2,(H,16,18,19). The van der Waals surface area contributed by atoms with Gasteiger partial charge < -0.3 is 5.32 Å². The number of hydrogen-bond donors (Lipinski definition) is 1. The number of aromatic nitrogens is 3. The first-order valence-electron chi connectivity index (χ1n) is 5.54. The van der Waals surface area contributed by atoms with Gasteiger partial charge in [-0.25, -0.2) is 0 Å². The average molecular weight is 302 g/mol. The maximum Gasteiger partial charge on any atom is 0.445 e. The second-order valence-electron chi connectivity index (χ2n) is 3.82. The topological polar surface area (TPSA) is 67.8 Å². The lowest BCUT2D eigenvalue weighted by Crippen LogP contribution is -2.12. The second kappa shape index (κ2) is 5.95. The average Bonchev–Trinajstić information content (AvgIpc) is 2.86. The minimum atomic E-state index is -4.55. The molecule has 1 amide bonds. The number of carbonyl (C=O) groups is 1. The Balaban J connectivity index is 1.87. The molecule has 0 aliphatic carbocycles. The van der Waals surface area contributed by atoms with E-state index in [0.29, 0.717) is 17.8 Å². The molecular weight excluding hydrogens is 293 g/mol. The van der Waals surface area contributed by atoms with E-state index in [9.17, 15) is 18.0 Å². The zero-order chi connectivity index (χ0) is 14.6. The lowest BCUT2D eigenvalue weighted by molar-refractivity contribution is -0.138. The zero-order valence-electron chi connectivity index (χ0n) is 10.0. The Morgan fingerprint density at radius 2 is 2.15 bits per heavy atom. The van der Waals surface area contributed by atoms with Crippen LogP contribution in [0.4, 0.5) is 18.3 Å². The number of anilines is 1. The number of halogens is 3. The van der Waals surface area contributed by atoms with Gasteiger partial charge in [-0.15, -0.1) is 10.2 Å². The maximum atomic E-state index is 12.3. The molecule has 1 N–H and O–H groups in total. The van der Waals surface area contributed by atoms with Crippen LogP contribution >= 0.6 is 11.3 Å². The van der Waals surface area contributed by atoms with E-state index in [2.05, 4.69) is 20.5 Å². The molecule has 0 saturated heterocycles. The number of carbonyl (C=O) groups excluding carboxylic acids is 1. The summed E-state index contributed by atoms with van der Waals surface area (Å²) in [5.41, 5.74) is 0.871. The van der Waals surface area contributed by atoms with Crippen LogP contribution in [-0.4, -0.2) is 21.1 Å². The van der Waals surface area contributed by atoms with E-state index in [-0.39, 0.29) is 11.6 Å². The number of aryl methyl sites for hydroxylation is 1. The third kappa shape index (κ3) is 3.98. The number of pyridine rings is 1. The van der Waals surface area contributed by atoms with Gasteiger partial charge in [-0.05, 0) is 18.1 Å². The van der Waals surface area contributed by atoms with Crippen LogP contribution in [0.5, 0.6) is 0 Å². The minimum absolute atomic E-state index is 0.132. The Hall–Kier alpha value is -2.03. The smallest absolute Gasteiger partial charge is 0.301 e. The van der Waals surface area contributed by atoms with E-state index in [1.807, 2.05) is 6.07 Å². The molecule has 0 radical (unpaired) electrons. The van der Waals surface area contributed by atoms with Crippen LogP contribution in [0.2, 0.25) is 0 Å². The maximum absolute atomic E-state index is 12.3. The molecule has 106 valence electrons. The Bertz CT molecular complexity index is 585. The molecule has 0 spiro atoms. The van der Waals surface area contributed by atoms with Gasteiger partial charge in [0, 0.05) is 18.8 Å². The molecular formula is C11H9F3N4OS. The quantitative estimate of drug-likeness (QED) is 0.942. The highest BCUT2D eigenvalue weighted by atomic mass is 32.1. The highest BCUT2D eigenvalue weighted by Gasteiger charge is 2.35. The van der Waals surface area contributed by atoms with Gasteiger partial charge in [0.25, 0.3) is 0 Å². The highest BCUT2D eigenvalue weighted by molar-refractivity contribution is 7.15. The van der Waals surface area contributed by atoms with Crippen molar-refractivity contribution in [1.29, 1.82) is 0 Å². The van der Waals surface area contributed by atoms with Crippen LogP contribution in [0.3, 0.4) is 0 Å². The molecule has 0 saturated carbocycles. The molecule has 5 nitrogen and oxygen atoms in total. The van der Waals surface area contributed by atoms with Crippen molar-refractivity contribution in [3.8, 4) is 0 Å². The van der Waals surface area contributed by atoms with E-state index in [0.717, 1.165) is 5.56 Å². The summed E-state index contributed by atoms with van der Waals surface area (Å²) in [6, 6.07) is 3.56. The third-order valence-electron chi connectivity index (χ3n) is 2.28. The number of rotatable bonds is 4. The number of nitrogens with zero attached hydrogens (tertiary/aromatic N) is 3. The third-order valence-corrected chi connectivity index (χ3v) is 3.16. The van der Waals surface area contributed by atoms with Crippen molar-refractivity contribution >= 4 is 22.4 Å². The minimum Gasteiger partial charge on any atom is -0.301 e. The fourth-order valence-electron chi connectivity index (χ4n) is 1.37. The molecule has 0 aromatic carbocycles. The van der Waals surface area contributed by atoms with Crippen molar-refractivity contribution < 1.29 is 18.0 Å². The van der Waals surface area contributed by atoms with Crippen molar-refractivity contribution in [2.45, 2.75) is 19.0 Å². The van der Waals surface area contributed by atoms with E-state index in [4.69, 9.17) is 0 Å². The molecule has 2 rings (SSSR count). The first-order chi connectivity index (χ1) is 9.45. The van der Waals surface area contributed by atoms with Gasteiger partial charge in [-0.2, -0.15) is 13.2 Å². The molecule has 2 aromatic rings. The summed E-state index contributed by atoms with van der Waals surface area (Å²) in [5, 5.41) is 7.31. The van der Waals surface area contributed by atoms with Crippen molar-refractivity contribution in [3.63, 3.8) is 0 Å². The van der Waals surface area contributed by atoms with E-state index >= 15 is 0 Å². The Morgan fingerprint density at radius 3 is 2.75 bits per heavy atom. The van der Waals surface area contributed by atoms with Gasteiger partial charge in [-0.1, -0.05) is 17.4 Å². The molecule has 2 heterocycles. The van der Waals surface area contributed by atoms with Gasteiger partial charge in [0.2, 0.25) is 16.0 Å².